The minimum absolute atomic E-state index is 0.165. The molecule has 0 amide bonds. The van der Waals surface area contributed by atoms with E-state index in [1.165, 1.54) is 6.33 Å². The van der Waals surface area contributed by atoms with Gasteiger partial charge in [0.25, 0.3) is 0 Å². The van der Waals surface area contributed by atoms with Crippen molar-refractivity contribution in [2.24, 2.45) is 5.84 Å². The molecule has 0 aromatic carbocycles. The molecule has 1 aromatic rings. The Morgan fingerprint density at radius 3 is 3.06 bits per heavy atom. The van der Waals surface area contributed by atoms with Crippen LogP contribution >= 0.6 is 0 Å². The first-order valence-electron chi connectivity index (χ1n) is 5.99. The average molecular weight is 237 g/mol. The van der Waals surface area contributed by atoms with Crippen molar-refractivity contribution < 1.29 is 5.11 Å². The fourth-order valence-corrected chi connectivity index (χ4v) is 2.40. The van der Waals surface area contributed by atoms with Gasteiger partial charge in [-0.3, -0.25) is 0 Å². The van der Waals surface area contributed by atoms with Gasteiger partial charge >= 0.3 is 0 Å². The van der Waals surface area contributed by atoms with Gasteiger partial charge in [0.05, 0.1) is 12.6 Å². The van der Waals surface area contributed by atoms with Crippen molar-refractivity contribution in [1.82, 2.24) is 9.97 Å². The van der Waals surface area contributed by atoms with E-state index in [-0.39, 0.29) is 12.6 Å². The highest BCUT2D eigenvalue weighted by Gasteiger charge is 2.27. The molecule has 17 heavy (non-hydrogen) atoms. The number of nitrogens with one attached hydrogen (secondary N) is 1. The van der Waals surface area contributed by atoms with Crippen molar-refractivity contribution in [3.8, 4) is 0 Å². The Kier molecular flexibility index (Phi) is 3.75. The Bertz CT molecular complexity index is 384. The number of aromatic nitrogens is 2. The zero-order valence-corrected chi connectivity index (χ0v) is 10.1. The number of hydrazine groups is 1. The van der Waals surface area contributed by atoms with Gasteiger partial charge in [-0.25, -0.2) is 15.8 Å². The molecule has 0 radical (unpaired) electrons. The van der Waals surface area contributed by atoms with Crippen molar-refractivity contribution in [3.63, 3.8) is 0 Å². The molecule has 1 aliphatic heterocycles. The molecule has 4 N–H and O–H groups in total. The van der Waals surface area contributed by atoms with E-state index in [2.05, 4.69) is 20.3 Å². The van der Waals surface area contributed by atoms with E-state index in [1.54, 1.807) is 0 Å². The number of hydrogen-bond acceptors (Lipinski definition) is 6. The van der Waals surface area contributed by atoms with Gasteiger partial charge in [0.2, 0.25) is 0 Å². The third kappa shape index (κ3) is 2.18. The molecule has 0 bridgehead atoms. The van der Waals surface area contributed by atoms with Crippen LogP contribution in [0.15, 0.2) is 6.33 Å². The molecule has 0 aliphatic carbocycles. The Hall–Kier alpha value is -1.40. The van der Waals surface area contributed by atoms with Gasteiger partial charge in [-0.15, -0.1) is 0 Å². The van der Waals surface area contributed by atoms with Crippen LogP contribution in [0.2, 0.25) is 0 Å². The topological polar surface area (TPSA) is 87.3 Å². The van der Waals surface area contributed by atoms with Crippen LogP contribution in [0, 0.1) is 0 Å². The lowest BCUT2D eigenvalue weighted by molar-refractivity contribution is 0.266. The molecule has 1 unspecified atom stereocenters. The largest absolute Gasteiger partial charge is 0.394 e. The van der Waals surface area contributed by atoms with E-state index in [4.69, 9.17) is 5.84 Å². The maximum atomic E-state index is 9.36. The minimum Gasteiger partial charge on any atom is -0.394 e. The molecule has 0 saturated carbocycles. The second kappa shape index (κ2) is 5.29. The van der Waals surface area contributed by atoms with Crippen LogP contribution in [-0.2, 0) is 6.42 Å². The summed E-state index contributed by atoms with van der Waals surface area (Å²) in [4.78, 5) is 10.6. The molecule has 6 heteroatoms. The molecule has 1 fully saturated rings. The quantitative estimate of drug-likeness (QED) is 0.515. The van der Waals surface area contributed by atoms with Gasteiger partial charge < -0.3 is 15.4 Å². The molecule has 94 valence electrons. The van der Waals surface area contributed by atoms with E-state index in [1.807, 2.05) is 6.92 Å². The van der Waals surface area contributed by atoms with Crippen LogP contribution < -0.4 is 16.2 Å². The molecular formula is C11H19N5O. The maximum Gasteiger partial charge on any atom is 0.148 e. The predicted molar refractivity (Wildman–Crippen MR) is 66.7 cm³/mol. The number of nitrogens with zero attached hydrogens (tertiary/aromatic N) is 3. The Morgan fingerprint density at radius 2 is 2.41 bits per heavy atom. The van der Waals surface area contributed by atoms with Crippen molar-refractivity contribution in [2.45, 2.75) is 32.2 Å². The highest BCUT2D eigenvalue weighted by atomic mass is 16.3. The zero-order chi connectivity index (χ0) is 12.3. The van der Waals surface area contributed by atoms with Gasteiger partial charge in [0, 0.05) is 12.1 Å². The highest BCUT2D eigenvalue weighted by Crippen LogP contribution is 2.29. The van der Waals surface area contributed by atoms with Gasteiger partial charge in [-0.1, -0.05) is 6.92 Å². The Labute approximate surface area is 101 Å². The number of nitrogens with two attached hydrogens (primary N) is 1. The Balaban J connectivity index is 2.37. The number of nitrogen functional groups attached to an aromatic ring is 1. The van der Waals surface area contributed by atoms with Crippen LogP contribution in [0.25, 0.3) is 0 Å². The second-order valence-corrected chi connectivity index (χ2v) is 4.19. The number of anilines is 2. The lowest BCUT2D eigenvalue weighted by Gasteiger charge is -2.26. The van der Waals surface area contributed by atoms with E-state index < -0.39 is 0 Å². The van der Waals surface area contributed by atoms with Gasteiger partial charge in [0.15, 0.2) is 0 Å². The molecule has 2 rings (SSSR count). The third-order valence-corrected chi connectivity index (χ3v) is 3.27. The van der Waals surface area contributed by atoms with Crippen molar-refractivity contribution in [2.75, 3.05) is 23.5 Å². The number of aliphatic hydroxyl groups is 1. The fraction of sp³-hybridized carbons (Fsp3) is 0.636. The summed E-state index contributed by atoms with van der Waals surface area (Å²) in [5.41, 5.74) is 3.61. The molecule has 6 nitrogen and oxygen atoms in total. The smallest absolute Gasteiger partial charge is 0.148 e. The molecule has 1 atom stereocenters. The summed E-state index contributed by atoms with van der Waals surface area (Å²) < 4.78 is 0. The SMILES string of the molecule is CCc1c(NN)ncnc1N1CCCC1CO. The lowest BCUT2D eigenvalue weighted by atomic mass is 10.2. The summed E-state index contributed by atoms with van der Waals surface area (Å²) in [6.07, 6.45) is 4.42. The predicted octanol–water partition coefficient (Wildman–Crippen LogP) is 0.286. The summed E-state index contributed by atoms with van der Waals surface area (Å²) in [6, 6.07) is 0.167. The minimum atomic E-state index is 0.165. The standard InChI is InChI=1S/C11H19N5O/c1-2-9-10(15-12)13-7-14-11(9)16-5-3-4-8(16)6-17/h7-8,17H,2-6,12H2,1H3,(H,13,14,15). The first-order valence-corrected chi connectivity index (χ1v) is 5.99. The number of aliphatic hydroxyl groups excluding tert-OH is 1. The maximum absolute atomic E-state index is 9.36. The van der Waals surface area contributed by atoms with E-state index >= 15 is 0 Å². The summed E-state index contributed by atoms with van der Waals surface area (Å²) >= 11 is 0. The molecule has 1 saturated heterocycles. The normalized spacial score (nSPS) is 19.7. The summed E-state index contributed by atoms with van der Waals surface area (Å²) in [5, 5.41) is 9.36. The number of rotatable bonds is 4. The van der Waals surface area contributed by atoms with Crippen LogP contribution in [0.1, 0.15) is 25.3 Å². The first kappa shape index (κ1) is 12.1. The highest BCUT2D eigenvalue weighted by molar-refractivity contribution is 5.59. The van der Waals surface area contributed by atoms with Crippen LogP contribution in [0.4, 0.5) is 11.6 Å². The van der Waals surface area contributed by atoms with Gasteiger partial charge in [-0.2, -0.15) is 0 Å². The Morgan fingerprint density at radius 1 is 1.59 bits per heavy atom. The average Bonchev–Trinajstić information content (AvgIpc) is 2.85. The monoisotopic (exact) mass is 237 g/mol. The van der Waals surface area contributed by atoms with E-state index in [9.17, 15) is 5.11 Å². The zero-order valence-electron chi connectivity index (χ0n) is 10.1. The van der Waals surface area contributed by atoms with E-state index in [0.29, 0.717) is 5.82 Å². The van der Waals surface area contributed by atoms with Crippen LogP contribution in [0.3, 0.4) is 0 Å². The van der Waals surface area contributed by atoms with E-state index in [0.717, 1.165) is 37.2 Å². The molecule has 1 aromatic heterocycles. The first-order chi connectivity index (χ1) is 8.31. The van der Waals surface area contributed by atoms with Crippen molar-refractivity contribution in [1.29, 1.82) is 0 Å². The van der Waals surface area contributed by atoms with Gasteiger partial charge in [-0.05, 0) is 19.3 Å². The summed E-state index contributed by atoms with van der Waals surface area (Å²) in [6.45, 7) is 3.14. The van der Waals surface area contributed by atoms with Crippen LogP contribution in [0.5, 0.6) is 0 Å². The molecule has 0 spiro atoms. The lowest BCUT2D eigenvalue weighted by Crippen LogP contribution is -2.34. The van der Waals surface area contributed by atoms with Crippen molar-refractivity contribution >= 4 is 11.6 Å². The fourth-order valence-electron chi connectivity index (χ4n) is 2.40. The second-order valence-electron chi connectivity index (χ2n) is 4.19. The van der Waals surface area contributed by atoms with Crippen molar-refractivity contribution in [3.05, 3.63) is 11.9 Å². The summed E-state index contributed by atoms with van der Waals surface area (Å²) in [7, 11) is 0. The van der Waals surface area contributed by atoms with Gasteiger partial charge in [0.1, 0.15) is 18.0 Å². The molecule has 1 aliphatic rings. The van der Waals surface area contributed by atoms with Crippen LogP contribution in [-0.4, -0.2) is 34.3 Å². The third-order valence-electron chi connectivity index (χ3n) is 3.27. The summed E-state index contributed by atoms with van der Waals surface area (Å²) in [5.74, 6) is 7.02. The number of hydrogen-bond donors (Lipinski definition) is 3. The molecular weight excluding hydrogens is 218 g/mol. The molecule has 2 heterocycles.